The van der Waals surface area contributed by atoms with Crippen molar-refractivity contribution >= 4 is 5.78 Å². The molecular formula is C14H19NO2. The molecule has 0 fully saturated rings. The smallest absolute Gasteiger partial charge is 0.220 e. The van der Waals surface area contributed by atoms with Crippen molar-refractivity contribution in [2.45, 2.75) is 32.6 Å². The van der Waals surface area contributed by atoms with Gasteiger partial charge in [0.15, 0.2) is 5.76 Å². The van der Waals surface area contributed by atoms with Crippen LogP contribution in [0.1, 0.15) is 32.6 Å². The third-order valence-electron chi connectivity index (χ3n) is 3.26. The van der Waals surface area contributed by atoms with Gasteiger partial charge in [-0.1, -0.05) is 19.8 Å². The highest BCUT2D eigenvalue weighted by Gasteiger charge is 2.20. The van der Waals surface area contributed by atoms with E-state index in [0.29, 0.717) is 0 Å². The van der Waals surface area contributed by atoms with Gasteiger partial charge in [0, 0.05) is 19.3 Å². The standard InChI is InChI=1S/C14H19NO2/c1-2-3-4-6-15-7-5-11-8-13(16)14(17)9-12(11)10-15/h8-10,17H,2-7H2,1H3. The molecule has 2 aliphatic rings. The number of hydrogen-bond acceptors (Lipinski definition) is 3. The van der Waals surface area contributed by atoms with Gasteiger partial charge >= 0.3 is 0 Å². The first-order chi connectivity index (χ1) is 8.20. The zero-order chi connectivity index (χ0) is 12.3. The van der Waals surface area contributed by atoms with Crippen molar-refractivity contribution in [2.75, 3.05) is 13.1 Å². The second kappa shape index (κ2) is 5.21. The first kappa shape index (κ1) is 12.0. The highest BCUT2D eigenvalue weighted by atomic mass is 16.3. The molecule has 0 bridgehead atoms. The average Bonchev–Trinajstić information content (AvgIpc) is 2.31. The third kappa shape index (κ3) is 2.78. The van der Waals surface area contributed by atoms with Crippen LogP contribution in [0.25, 0.3) is 0 Å². The first-order valence-corrected chi connectivity index (χ1v) is 6.32. The molecule has 0 aromatic carbocycles. The lowest BCUT2D eigenvalue weighted by molar-refractivity contribution is -0.113. The molecule has 17 heavy (non-hydrogen) atoms. The van der Waals surface area contributed by atoms with Crippen molar-refractivity contribution in [2.24, 2.45) is 0 Å². The second-order valence-electron chi connectivity index (χ2n) is 4.64. The maximum absolute atomic E-state index is 11.3. The monoisotopic (exact) mass is 233 g/mol. The Labute approximate surface area is 102 Å². The number of carbonyl (C=O) groups is 1. The number of fused-ring (bicyclic) bond motifs is 1. The molecule has 0 amide bonds. The summed E-state index contributed by atoms with van der Waals surface area (Å²) >= 11 is 0. The molecular weight excluding hydrogens is 214 g/mol. The first-order valence-electron chi connectivity index (χ1n) is 6.32. The maximum atomic E-state index is 11.3. The highest BCUT2D eigenvalue weighted by Crippen LogP contribution is 2.27. The van der Waals surface area contributed by atoms with Gasteiger partial charge in [-0.2, -0.15) is 0 Å². The zero-order valence-corrected chi connectivity index (χ0v) is 10.3. The number of rotatable bonds is 4. The lowest BCUT2D eigenvalue weighted by atomic mass is 9.93. The van der Waals surface area contributed by atoms with Crippen molar-refractivity contribution in [3.8, 4) is 0 Å². The largest absolute Gasteiger partial charge is 0.504 e. The van der Waals surface area contributed by atoms with Gasteiger partial charge in [0.1, 0.15) is 0 Å². The van der Waals surface area contributed by atoms with Crippen LogP contribution in [0.4, 0.5) is 0 Å². The van der Waals surface area contributed by atoms with Crippen molar-refractivity contribution in [3.63, 3.8) is 0 Å². The zero-order valence-electron chi connectivity index (χ0n) is 10.3. The van der Waals surface area contributed by atoms with Gasteiger partial charge in [-0.15, -0.1) is 0 Å². The maximum Gasteiger partial charge on any atom is 0.220 e. The van der Waals surface area contributed by atoms with Crippen molar-refractivity contribution < 1.29 is 9.90 Å². The Morgan fingerprint density at radius 2 is 2.18 bits per heavy atom. The summed E-state index contributed by atoms with van der Waals surface area (Å²) in [6.07, 6.45) is 9.79. The van der Waals surface area contributed by atoms with E-state index in [9.17, 15) is 9.90 Å². The number of aliphatic hydroxyl groups excluding tert-OH is 1. The molecule has 0 saturated heterocycles. The van der Waals surface area contributed by atoms with Crippen LogP contribution in [0.5, 0.6) is 0 Å². The molecule has 1 aliphatic carbocycles. The SMILES string of the molecule is CCCCCN1C=C2C=C(O)C(=O)C=C2CC1. The van der Waals surface area contributed by atoms with Gasteiger partial charge in [0.2, 0.25) is 5.78 Å². The van der Waals surface area contributed by atoms with Crippen LogP contribution in [0, 0.1) is 0 Å². The minimum atomic E-state index is -0.267. The summed E-state index contributed by atoms with van der Waals surface area (Å²) < 4.78 is 0. The molecule has 0 radical (unpaired) electrons. The number of allylic oxidation sites excluding steroid dienone is 3. The molecule has 2 rings (SSSR count). The second-order valence-corrected chi connectivity index (χ2v) is 4.64. The van der Waals surface area contributed by atoms with Crippen LogP contribution in [-0.4, -0.2) is 28.9 Å². The van der Waals surface area contributed by atoms with Crippen molar-refractivity contribution in [3.05, 3.63) is 35.3 Å². The Morgan fingerprint density at radius 1 is 1.35 bits per heavy atom. The molecule has 1 aliphatic heterocycles. The van der Waals surface area contributed by atoms with Crippen LogP contribution in [0.15, 0.2) is 35.3 Å². The van der Waals surface area contributed by atoms with Crippen LogP contribution in [0.3, 0.4) is 0 Å². The quantitative estimate of drug-likeness (QED) is 0.759. The highest BCUT2D eigenvalue weighted by molar-refractivity contribution is 6.05. The Morgan fingerprint density at radius 3 is 2.94 bits per heavy atom. The fourth-order valence-corrected chi connectivity index (χ4v) is 2.23. The van der Waals surface area contributed by atoms with E-state index in [1.54, 1.807) is 12.2 Å². The molecule has 3 heteroatoms. The van der Waals surface area contributed by atoms with E-state index in [1.807, 2.05) is 0 Å². The molecule has 3 nitrogen and oxygen atoms in total. The van der Waals surface area contributed by atoms with Gasteiger partial charge in [-0.3, -0.25) is 4.79 Å². The average molecular weight is 233 g/mol. The van der Waals surface area contributed by atoms with Gasteiger partial charge in [-0.05, 0) is 36.1 Å². The van der Waals surface area contributed by atoms with E-state index >= 15 is 0 Å². The predicted molar refractivity (Wildman–Crippen MR) is 67.6 cm³/mol. The molecule has 1 heterocycles. The normalized spacial score (nSPS) is 19.5. The number of aliphatic hydroxyl groups is 1. The molecule has 92 valence electrons. The van der Waals surface area contributed by atoms with E-state index in [4.69, 9.17) is 0 Å². The van der Waals surface area contributed by atoms with Crippen LogP contribution < -0.4 is 0 Å². The summed E-state index contributed by atoms with van der Waals surface area (Å²) in [5.74, 6) is -0.410. The number of carbonyl (C=O) groups excluding carboxylic acids is 1. The van der Waals surface area contributed by atoms with E-state index in [0.717, 1.165) is 30.7 Å². The Bertz CT molecular complexity index is 404. The number of hydrogen-bond donors (Lipinski definition) is 1. The minimum Gasteiger partial charge on any atom is -0.504 e. The number of nitrogens with zero attached hydrogens (tertiary/aromatic N) is 1. The molecule has 1 N–H and O–H groups in total. The Kier molecular flexibility index (Phi) is 3.67. The van der Waals surface area contributed by atoms with Crippen LogP contribution in [-0.2, 0) is 4.79 Å². The summed E-state index contributed by atoms with van der Waals surface area (Å²) in [5.41, 5.74) is 2.05. The summed E-state index contributed by atoms with van der Waals surface area (Å²) in [5, 5.41) is 9.42. The molecule has 0 atom stereocenters. The molecule has 0 unspecified atom stereocenters. The lowest BCUT2D eigenvalue weighted by Crippen LogP contribution is -2.26. The van der Waals surface area contributed by atoms with Gasteiger partial charge in [0.25, 0.3) is 0 Å². The Balaban J connectivity index is 2.04. The van der Waals surface area contributed by atoms with Crippen molar-refractivity contribution in [1.82, 2.24) is 4.90 Å². The van der Waals surface area contributed by atoms with E-state index in [2.05, 4.69) is 18.0 Å². The lowest BCUT2D eigenvalue weighted by Gasteiger charge is -2.28. The minimum absolute atomic E-state index is 0.143. The van der Waals surface area contributed by atoms with Gasteiger partial charge in [0.05, 0.1) is 0 Å². The Hall–Kier alpha value is -1.51. The van der Waals surface area contributed by atoms with Crippen LogP contribution in [0.2, 0.25) is 0 Å². The molecule has 0 saturated carbocycles. The predicted octanol–water partition coefficient (Wildman–Crippen LogP) is 2.72. The van der Waals surface area contributed by atoms with Gasteiger partial charge in [-0.25, -0.2) is 0 Å². The number of unbranched alkanes of at least 4 members (excludes halogenated alkanes) is 2. The summed E-state index contributed by atoms with van der Waals surface area (Å²) in [6, 6.07) is 0. The fraction of sp³-hybridized carbons (Fsp3) is 0.500. The molecule has 0 aromatic heterocycles. The van der Waals surface area contributed by atoms with Crippen molar-refractivity contribution in [1.29, 1.82) is 0 Å². The summed E-state index contributed by atoms with van der Waals surface area (Å²) in [6.45, 7) is 4.23. The third-order valence-corrected chi connectivity index (χ3v) is 3.26. The molecule has 0 spiro atoms. The van der Waals surface area contributed by atoms with E-state index in [1.165, 1.54) is 19.3 Å². The van der Waals surface area contributed by atoms with Gasteiger partial charge < -0.3 is 10.0 Å². The van der Waals surface area contributed by atoms with E-state index < -0.39 is 0 Å². The number of ketones is 1. The summed E-state index contributed by atoms with van der Waals surface area (Å²) in [4.78, 5) is 13.6. The fourth-order valence-electron chi connectivity index (χ4n) is 2.23. The topological polar surface area (TPSA) is 40.5 Å². The summed E-state index contributed by atoms with van der Waals surface area (Å²) in [7, 11) is 0. The van der Waals surface area contributed by atoms with Crippen LogP contribution >= 0.6 is 0 Å². The van der Waals surface area contributed by atoms with E-state index in [-0.39, 0.29) is 11.5 Å². The molecule has 0 aromatic rings.